The van der Waals surface area contributed by atoms with Crippen molar-refractivity contribution in [1.82, 2.24) is 5.23 Å². The highest BCUT2D eigenvalue weighted by Gasteiger charge is 2.28. The van der Waals surface area contributed by atoms with Crippen molar-refractivity contribution >= 4 is 7.05 Å². The number of hydrogen-bond donors (Lipinski definition) is 1. The fourth-order valence-electron chi connectivity index (χ4n) is 1.48. The predicted molar refractivity (Wildman–Crippen MR) is 53.1 cm³/mol. The number of nitrogens with one attached hydrogen (secondary N) is 1. The van der Waals surface area contributed by atoms with Gasteiger partial charge < -0.3 is 9.88 Å². The Balaban J connectivity index is 2.30. The average Bonchev–Trinajstić information content (AvgIpc) is 1.96. The quantitative estimate of drug-likeness (QED) is 0.636. The minimum Gasteiger partial charge on any atom is -0.421 e. The van der Waals surface area contributed by atoms with E-state index in [0.717, 1.165) is 12.9 Å². The van der Waals surface area contributed by atoms with E-state index in [1.165, 1.54) is 0 Å². The molecule has 1 aliphatic heterocycles. The molecule has 2 nitrogen and oxygen atoms in total. The Hall–Kier alpha value is -0.0151. The fraction of sp³-hybridized carbons (Fsp3) is 1.00. The van der Waals surface area contributed by atoms with Crippen LogP contribution in [0.5, 0.6) is 0 Å². The summed E-state index contributed by atoms with van der Waals surface area (Å²) >= 11 is 0. The Bertz CT molecular complexity index is 140. The lowest BCUT2D eigenvalue weighted by Gasteiger charge is -2.32. The second-order valence-electron chi connectivity index (χ2n) is 4.38. The maximum atomic E-state index is 5.66. The first kappa shape index (κ1) is 10.1. The van der Waals surface area contributed by atoms with E-state index >= 15 is 0 Å². The van der Waals surface area contributed by atoms with Crippen LogP contribution >= 0.6 is 0 Å². The molecule has 0 unspecified atom stereocenters. The van der Waals surface area contributed by atoms with Crippen molar-refractivity contribution in [2.24, 2.45) is 11.8 Å². The highest BCUT2D eigenvalue weighted by molar-refractivity contribution is 6.49. The van der Waals surface area contributed by atoms with E-state index in [1.54, 1.807) is 0 Å². The Morgan fingerprint density at radius 1 is 1.50 bits per heavy atom. The van der Waals surface area contributed by atoms with Gasteiger partial charge >= 0.3 is 7.05 Å². The van der Waals surface area contributed by atoms with Gasteiger partial charge in [0.15, 0.2) is 0 Å². The Kier molecular flexibility index (Phi) is 3.60. The first-order valence-corrected chi connectivity index (χ1v) is 4.97. The van der Waals surface area contributed by atoms with Crippen LogP contribution in [0.2, 0.25) is 6.32 Å². The highest BCUT2D eigenvalue weighted by Crippen LogP contribution is 2.14. The van der Waals surface area contributed by atoms with Crippen molar-refractivity contribution in [2.45, 2.75) is 40.1 Å². The van der Waals surface area contributed by atoms with Crippen LogP contribution in [-0.2, 0) is 4.65 Å². The summed E-state index contributed by atoms with van der Waals surface area (Å²) in [5.74, 6) is 1.36. The third-order valence-electron chi connectivity index (χ3n) is 2.55. The molecule has 3 heteroatoms. The lowest BCUT2D eigenvalue weighted by atomic mass is 9.70. The molecule has 12 heavy (non-hydrogen) atoms. The minimum absolute atomic E-state index is 0.288. The van der Waals surface area contributed by atoms with Gasteiger partial charge in [0.05, 0.1) is 0 Å². The fourth-order valence-corrected chi connectivity index (χ4v) is 1.48. The van der Waals surface area contributed by atoms with E-state index in [-0.39, 0.29) is 7.05 Å². The molecule has 0 saturated carbocycles. The summed E-state index contributed by atoms with van der Waals surface area (Å²) < 4.78 is 5.66. The van der Waals surface area contributed by atoms with Crippen LogP contribution in [0.15, 0.2) is 0 Å². The third-order valence-corrected chi connectivity index (χ3v) is 2.55. The normalized spacial score (nSPS) is 31.2. The van der Waals surface area contributed by atoms with E-state index in [0.29, 0.717) is 17.9 Å². The molecule has 70 valence electrons. The van der Waals surface area contributed by atoms with E-state index in [2.05, 4.69) is 32.9 Å². The van der Waals surface area contributed by atoms with Crippen LogP contribution in [0.1, 0.15) is 27.7 Å². The maximum Gasteiger partial charge on any atom is 0.380 e. The second kappa shape index (κ2) is 4.29. The van der Waals surface area contributed by atoms with Crippen molar-refractivity contribution in [3.8, 4) is 0 Å². The Morgan fingerprint density at radius 3 is 2.67 bits per heavy atom. The zero-order valence-corrected chi connectivity index (χ0v) is 8.63. The molecule has 0 aliphatic carbocycles. The zero-order chi connectivity index (χ0) is 9.14. The van der Waals surface area contributed by atoms with Crippen LogP contribution in [0.25, 0.3) is 0 Å². The standard InChI is InChI=1S/C9H20BNO/c1-7(2)5-10-11-9(4)8(3)6-12-10/h7-9,11H,5-6H2,1-4H3/t8-,9-/m0/s1. The molecule has 0 radical (unpaired) electrons. The summed E-state index contributed by atoms with van der Waals surface area (Å²) in [5, 5.41) is 3.48. The summed E-state index contributed by atoms with van der Waals surface area (Å²) in [7, 11) is 0.288. The number of hydrogen-bond acceptors (Lipinski definition) is 2. The summed E-state index contributed by atoms with van der Waals surface area (Å²) in [6, 6.07) is 0.600. The van der Waals surface area contributed by atoms with Gasteiger partial charge in [-0.1, -0.05) is 27.7 Å². The molecule has 0 spiro atoms. The molecule has 0 aromatic heterocycles. The minimum atomic E-state index is 0.288. The van der Waals surface area contributed by atoms with Gasteiger partial charge in [-0.25, -0.2) is 0 Å². The van der Waals surface area contributed by atoms with Gasteiger partial charge in [-0.15, -0.1) is 0 Å². The monoisotopic (exact) mass is 169 g/mol. The molecule has 0 aromatic rings. The molecule has 1 rings (SSSR count). The van der Waals surface area contributed by atoms with Gasteiger partial charge in [0, 0.05) is 12.6 Å². The van der Waals surface area contributed by atoms with Crippen molar-refractivity contribution in [3.63, 3.8) is 0 Å². The summed E-state index contributed by atoms with van der Waals surface area (Å²) in [5.41, 5.74) is 0. The molecule has 0 amide bonds. The van der Waals surface area contributed by atoms with Crippen LogP contribution in [0.3, 0.4) is 0 Å². The smallest absolute Gasteiger partial charge is 0.380 e. The van der Waals surface area contributed by atoms with Crippen LogP contribution in [0.4, 0.5) is 0 Å². The molecule has 0 aromatic carbocycles. The van der Waals surface area contributed by atoms with Gasteiger partial charge in [0.25, 0.3) is 0 Å². The zero-order valence-electron chi connectivity index (χ0n) is 8.63. The van der Waals surface area contributed by atoms with Gasteiger partial charge in [-0.3, -0.25) is 0 Å². The van der Waals surface area contributed by atoms with Gasteiger partial charge in [-0.05, 0) is 18.2 Å². The summed E-state index contributed by atoms with van der Waals surface area (Å²) in [4.78, 5) is 0. The van der Waals surface area contributed by atoms with Gasteiger partial charge in [0.2, 0.25) is 0 Å². The molecule has 1 heterocycles. The lowest BCUT2D eigenvalue weighted by Crippen LogP contribution is -2.52. The molecule has 1 N–H and O–H groups in total. The topological polar surface area (TPSA) is 21.3 Å². The average molecular weight is 169 g/mol. The van der Waals surface area contributed by atoms with Crippen molar-refractivity contribution < 1.29 is 4.65 Å². The van der Waals surface area contributed by atoms with E-state index in [1.807, 2.05) is 0 Å². The van der Waals surface area contributed by atoms with E-state index in [4.69, 9.17) is 4.65 Å². The number of rotatable bonds is 2. The van der Waals surface area contributed by atoms with Gasteiger partial charge in [0.1, 0.15) is 0 Å². The lowest BCUT2D eigenvalue weighted by molar-refractivity contribution is 0.190. The Labute approximate surface area is 76.2 Å². The van der Waals surface area contributed by atoms with Crippen molar-refractivity contribution in [2.75, 3.05) is 6.61 Å². The molecule has 1 fully saturated rings. The molecular formula is C9H20BNO. The summed E-state index contributed by atoms with van der Waals surface area (Å²) in [6.07, 6.45) is 1.12. The largest absolute Gasteiger partial charge is 0.421 e. The third kappa shape index (κ3) is 2.79. The first-order chi connectivity index (χ1) is 5.59. The predicted octanol–water partition coefficient (Wildman–Crippen LogP) is 1.77. The molecule has 0 bridgehead atoms. The molecular weight excluding hydrogens is 149 g/mol. The van der Waals surface area contributed by atoms with E-state index in [9.17, 15) is 0 Å². The summed E-state index contributed by atoms with van der Waals surface area (Å²) in [6.45, 7) is 9.83. The molecule has 1 aliphatic rings. The van der Waals surface area contributed by atoms with Crippen LogP contribution in [-0.4, -0.2) is 19.7 Å². The van der Waals surface area contributed by atoms with Crippen molar-refractivity contribution in [3.05, 3.63) is 0 Å². The highest BCUT2D eigenvalue weighted by atomic mass is 16.4. The molecule has 2 atom stereocenters. The van der Waals surface area contributed by atoms with Gasteiger partial charge in [-0.2, -0.15) is 0 Å². The van der Waals surface area contributed by atoms with Crippen LogP contribution in [0, 0.1) is 11.8 Å². The maximum absolute atomic E-state index is 5.66. The van der Waals surface area contributed by atoms with Crippen molar-refractivity contribution in [1.29, 1.82) is 0 Å². The Morgan fingerprint density at radius 2 is 2.17 bits per heavy atom. The SMILES string of the molecule is CC(C)CB1N[C@@H](C)[C@@H](C)CO1. The first-order valence-electron chi connectivity index (χ1n) is 4.97. The van der Waals surface area contributed by atoms with Crippen LogP contribution < -0.4 is 5.23 Å². The molecule has 1 saturated heterocycles. The van der Waals surface area contributed by atoms with E-state index < -0.39 is 0 Å². The second-order valence-corrected chi connectivity index (χ2v) is 4.38.